The van der Waals surface area contributed by atoms with E-state index in [1.165, 1.54) is 16.7 Å². The molecule has 1 N–H and O–H groups in total. The third kappa shape index (κ3) is 6.95. The molecule has 0 aromatic heterocycles. The Kier molecular flexibility index (Phi) is 7.74. The van der Waals surface area contributed by atoms with Crippen molar-refractivity contribution in [1.29, 1.82) is 0 Å². The van der Waals surface area contributed by atoms with Gasteiger partial charge in [-0.15, -0.1) is 0 Å². The molecule has 0 amide bonds. The molecule has 0 aromatic rings. The topological polar surface area (TPSA) is 20.2 Å². The Balaban J connectivity index is 2.69. The van der Waals surface area contributed by atoms with E-state index >= 15 is 0 Å². The van der Waals surface area contributed by atoms with Crippen LogP contribution in [0.25, 0.3) is 0 Å². The molecule has 0 radical (unpaired) electrons. The van der Waals surface area contributed by atoms with Gasteiger partial charge in [-0.2, -0.15) is 0 Å². The smallest absolute Gasteiger partial charge is 0.0753 e. The van der Waals surface area contributed by atoms with E-state index < -0.39 is 0 Å². The van der Waals surface area contributed by atoms with Gasteiger partial charge in [0.1, 0.15) is 0 Å². The van der Waals surface area contributed by atoms with Gasteiger partial charge in [-0.1, -0.05) is 42.0 Å². The van der Waals surface area contributed by atoms with Crippen LogP contribution in [0.1, 0.15) is 65.7 Å². The van der Waals surface area contributed by atoms with Gasteiger partial charge < -0.3 is 5.11 Å². The fourth-order valence-corrected chi connectivity index (χ4v) is 2.85. The van der Waals surface area contributed by atoms with E-state index in [0.717, 1.165) is 50.5 Å². The van der Waals surface area contributed by atoms with Crippen molar-refractivity contribution in [2.75, 3.05) is 0 Å². The highest BCUT2D eigenvalue weighted by Crippen LogP contribution is 2.30. The Morgan fingerprint density at radius 1 is 1.38 bits per heavy atom. The van der Waals surface area contributed by atoms with Gasteiger partial charge in [0.2, 0.25) is 0 Å². The Morgan fingerprint density at radius 2 is 2.10 bits per heavy atom. The maximum absolute atomic E-state index is 10.3. The minimum atomic E-state index is -0.373. The van der Waals surface area contributed by atoms with Gasteiger partial charge in [0, 0.05) is 0 Å². The highest BCUT2D eigenvalue weighted by molar-refractivity contribution is 5.12. The molecule has 1 aliphatic carbocycles. The molecule has 2 atom stereocenters. The molecular weight excluding hydrogens is 256 g/mol. The lowest BCUT2D eigenvalue weighted by Crippen LogP contribution is -2.18. The van der Waals surface area contributed by atoms with Crippen LogP contribution < -0.4 is 0 Å². The molecule has 21 heavy (non-hydrogen) atoms. The van der Waals surface area contributed by atoms with E-state index in [2.05, 4.69) is 46.1 Å². The van der Waals surface area contributed by atoms with Crippen molar-refractivity contribution >= 4 is 0 Å². The predicted molar refractivity (Wildman–Crippen MR) is 93.3 cm³/mol. The minimum Gasteiger partial charge on any atom is -0.389 e. The summed E-state index contributed by atoms with van der Waals surface area (Å²) in [6.45, 7) is 14.8. The standard InChI is InChI=1S/C20H32O/c1-15(2)8-6-10-17(4)19-13-12-16(3)9-7-11-18(5)20(21)14-19/h8-9,19-21H,4-7,10-14H2,1-3H3/b16-9+/t19-,20+/m1/s1. The molecule has 118 valence electrons. The van der Waals surface area contributed by atoms with E-state index in [4.69, 9.17) is 0 Å². The Morgan fingerprint density at radius 3 is 2.76 bits per heavy atom. The molecule has 0 saturated carbocycles. The maximum Gasteiger partial charge on any atom is 0.0753 e. The maximum atomic E-state index is 10.3. The van der Waals surface area contributed by atoms with Gasteiger partial charge in [-0.3, -0.25) is 0 Å². The fourth-order valence-electron chi connectivity index (χ4n) is 2.85. The molecule has 0 fully saturated rings. The molecule has 1 heteroatoms. The molecule has 0 unspecified atom stereocenters. The molecule has 1 nitrogen and oxygen atoms in total. The molecule has 0 aliphatic heterocycles. The zero-order valence-electron chi connectivity index (χ0n) is 14.1. The third-order valence-corrected chi connectivity index (χ3v) is 4.42. The van der Waals surface area contributed by atoms with E-state index in [0.29, 0.717) is 5.92 Å². The van der Waals surface area contributed by atoms with Crippen molar-refractivity contribution in [2.45, 2.75) is 71.8 Å². The molecular formula is C20H32O. The second kappa shape index (κ2) is 9.04. The summed E-state index contributed by atoms with van der Waals surface area (Å²) in [6.07, 6.45) is 11.2. The number of hydrogen-bond donors (Lipinski definition) is 1. The lowest BCUT2D eigenvalue weighted by Gasteiger charge is -2.25. The van der Waals surface area contributed by atoms with Crippen molar-refractivity contribution in [3.8, 4) is 0 Å². The summed E-state index contributed by atoms with van der Waals surface area (Å²) < 4.78 is 0. The lowest BCUT2D eigenvalue weighted by molar-refractivity contribution is 0.176. The van der Waals surface area contributed by atoms with Gasteiger partial charge in [-0.05, 0) is 77.2 Å². The Labute approximate surface area is 131 Å². The van der Waals surface area contributed by atoms with Gasteiger partial charge in [0.15, 0.2) is 0 Å². The van der Waals surface area contributed by atoms with Crippen LogP contribution in [0.15, 0.2) is 47.6 Å². The van der Waals surface area contributed by atoms with Crippen LogP contribution >= 0.6 is 0 Å². The predicted octanol–water partition coefficient (Wildman–Crippen LogP) is 5.73. The van der Waals surface area contributed by atoms with E-state index in [9.17, 15) is 5.11 Å². The zero-order chi connectivity index (χ0) is 15.8. The average Bonchev–Trinajstić information content (AvgIpc) is 2.41. The minimum absolute atomic E-state index is 0.373. The Hall–Kier alpha value is -1.08. The SMILES string of the molecule is C=C(CCC=C(C)C)[C@@H]1CC/C(C)=C/CCC(=C)[C@@H](O)C1. The number of rotatable bonds is 4. The lowest BCUT2D eigenvalue weighted by atomic mass is 9.83. The normalized spacial score (nSPS) is 26.7. The van der Waals surface area contributed by atoms with Crippen LogP contribution in [-0.4, -0.2) is 11.2 Å². The van der Waals surface area contributed by atoms with E-state index in [1.807, 2.05) is 0 Å². The summed E-state index contributed by atoms with van der Waals surface area (Å²) in [5.74, 6) is 0.406. The second-order valence-electron chi connectivity index (χ2n) is 6.71. The second-order valence-corrected chi connectivity index (χ2v) is 6.71. The summed E-state index contributed by atoms with van der Waals surface area (Å²) >= 11 is 0. The van der Waals surface area contributed by atoms with Crippen molar-refractivity contribution in [3.05, 3.63) is 47.6 Å². The molecule has 0 spiro atoms. The Bertz CT molecular complexity index is 421. The molecule has 1 rings (SSSR count). The molecule has 0 bridgehead atoms. The quantitative estimate of drug-likeness (QED) is 0.655. The number of aliphatic hydroxyl groups is 1. The van der Waals surface area contributed by atoms with Crippen molar-refractivity contribution in [3.63, 3.8) is 0 Å². The summed E-state index contributed by atoms with van der Waals surface area (Å²) in [6, 6.07) is 0. The number of aliphatic hydroxyl groups excluding tert-OH is 1. The third-order valence-electron chi connectivity index (χ3n) is 4.42. The van der Waals surface area contributed by atoms with Crippen LogP contribution in [-0.2, 0) is 0 Å². The van der Waals surface area contributed by atoms with Gasteiger partial charge in [-0.25, -0.2) is 0 Å². The van der Waals surface area contributed by atoms with Crippen LogP contribution in [0.4, 0.5) is 0 Å². The van der Waals surface area contributed by atoms with Crippen LogP contribution in [0.5, 0.6) is 0 Å². The fraction of sp³-hybridized carbons (Fsp3) is 0.600. The summed E-state index contributed by atoms with van der Waals surface area (Å²) in [4.78, 5) is 0. The molecule has 0 aromatic carbocycles. The van der Waals surface area contributed by atoms with Crippen LogP contribution in [0.3, 0.4) is 0 Å². The van der Waals surface area contributed by atoms with Crippen LogP contribution in [0, 0.1) is 5.92 Å². The largest absolute Gasteiger partial charge is 0.389 e. The zero-order valence-corrected chi connectivity index (χ0v) is 14.1. The summed E-state index contributed by atoms with van der Waals surface area (Å²) in [5.41, 5.74) is 5.08. The first-order chi connectivity index (χ1) is 9.90. The van der Waals surface area contributed by atoms with Gasteiger partial charge in [0.25, 0.3) is 0 Å². The molecule has 1 aliphatic rings. The number of hydrogen-bond acceptors (Lipinski definition) is 1. The van der Waals surface area contributed by atoms with Gasteiger partial charge >= 0.3 is 0 Å². The molecule has 0 heterocycles. The monoisotopic (exact) mass is 288 g/mol. The highest BCUT2D eigenvalue weighted by Gasteiger charge is 2.19. The van der Waals surface area contributed by atoms with Crippen LogP contribution in [0.2, 0.25) is 0 Å². The first-order valence-corrected chi connectivity index (χ1v) is 8.22. The van der Waals surface area contributed by atoms with E-state index in [1.54, 1.807) is 0 Å². The molecule has 0 saturated heterocycles. The highest BCUT2D eigenvalue weighted by atomic mass is 16.3. The van der Waals surface area contributed by atoms with E-state index in [-0.39, 0.29) is 6.10 Å². The van der Waals surface area contributed by atoms with Gasteiger partial charge in [0.05, 0.1) is 6.10 Å². The summed E-state index contributed by atoms with van der Waals surface area (Å²) in [5, 5.41) is 10.3. The van der Waals surface area contributed by atoms with Crippen molar-refractivity contribution in [2.24, 2.45) is 5.92 Å². The summed E-state index contributed by atoms with van der Waals surface area (Å²) in [7, 11) is 0. The number of allylic oxidation sites excluding steroid dienone is 5. The first kappa shape index (κ1) is 18.0. The van der Waals surface area contributed by atoms with Crippen molar-refractivity contribution < 1.29 is 5.11 Å². The average molecular weight is 288 g/mol. The first-order valence-electron chi connectivity index (χ1n) is 8.22. The van der Waals surface area contributed by atoms with Crippen molar-refractivity contribution in [1.82, 2.24) is 0 Å².